The summed E-state index contributed by atoms with van der Waals surface area (Å²) in [5.74, 6) is 0.868. The van der Waals surface area contributed by atoms with Gasteiger partial charge in [-0.25, -0.2) is 9.79 Å². The molecule has 1 atom stereocenters. The number of aromatic nitrogens is 1. The first-order chi connectivity index (χ1) is 18.4. The Balaban J connectivity index is 1.89. The van der Waals surface area contributed by atoms with Crippen LogP contribution in [0, 0.1) is 0 Å². The molecule has 3 aromatic rings. The van der Waals surface area contributed by atoms with Gasteiger partial charge in [-0.15, -0.1) is 0 Å². The zero-order valence-corrected chi connectivity index (χ0v) is 23.4. The molecule has 0 saturated carbocycles. The van der Waals surface area contributed by atoms with Gasteiger partial charge in [0.1, 0.15) is 11.5 Å². The summed E-state index contributed by atoms with van der Waals surface area (Å²) in [4.78, 5) is 34.3. The molecule has 200 valence electrons. The molecule has 0 saturated heterocycles. The van der Waals surface area contributed by atoms with Gasteiger partial charge in [0, 0.05) is 30.4 Å². The number of hydrogen-bond donors (Lipinski definition) is 0. The van der Waals surface area contributed by atoms with Crippen LogP contribution in [-0.2, 0) is 9.53 Å². The number of rotatable bonds is 9. The molecule has 0 fully saturated rings. The first-order valence-corrected chi connectivity index (χ1v) is 13.4. The van der Waals surface area contributed by atoms with Gasteiger partial charge in [-0.3, -0.25) is 9.36 Å². The molecule has 38 heavy (non-hydrogen) atoms. The van der Waals surface area contributed by atoms with Crippen molar-refractivity contribution in [3.05, 3.63) is 84.5 Å². The summed E-state index contributed by atoms with van der Waals surface area (Å²) in [5.41, 5.74) is 3.24. The van der Waals surface area contributed by atoms with Crippen molar-refractivity contribution >= 4 is 29.1 Å². The minimum Gasteiger partial charge on any atom is -0.497 e. The predicted octanol–water partition coefficient (Wildman–Crippen LogP) is 3.66. The summed E-state index contributed by atoms with van der Waals surface area (Å²) in [6.07, 6.45) is 1.82. The number of ether oxygens (including phenoxy) is 3. The van der Waals surface area contributed by atoms with Crippen LogP contribution in [0.15, 0.2) is 63.5 Å². The first-order valence-electron chi connectivity index (χ1n) is 12.6. The van der Waals surface area contributed by atoms with Gasteiger partial charge in [-0.05, 0) is 63.6 Å². The van der Waals surface area contributed by atoms with E-state index in [1.165, 1.54) is 11.3 Å². The number of allylic oxidation sites excluding steroid dienone is 1. The molecular weight excluding hydrogens is 502 g/mol. The number of carbonyl (C=O) groups is 1. The van der Waals surface area contributed by atoms with Crippen LogP contribution < -0.4 is 29.3 Å². The predicted molar refractivity (Wildman–Crippen MR) is 150 cm³/mol. The van der Waals surface area contributed by atoms with Crippen molar-refractivity contribution < 1.29 is 19.0 Å². The third-order valence-electron chi connectivity index (χ3n) is 6.58. The summed E-state index contributed by atoms with van der Waals surface area (Å²) in [7, 11) is 3.22. The average Bonchev–Trinajstić information content (AvgIpc) is 3.23. The van der Waals surface area contributed by atoms with Crippen LogP contribution in [-0.4, -0.2) is 44.5 Å². The molecule has 0 aliphatic carbocycles. The number of benzene rings is 2. The Hall–Kier alpha value is -3.85. The van der Waals surface area contributed by atoms with Crippen molar-refractivity contribution in [3.8, 4) is 11.5 Å². The summed E-state index contributed by atoms with van der Waals surface area (Å²) >= 11 is 1.28. The van der Waals surface area contributed by atoms with E-state index in [0.29, 0.717) is 32.1 Å². The monoisotopic (exact) mass is 535 g/mol. The summed E-state index contributed by atoms with van der Waals surface area (Å²) in [6.45, 7) is 9.72. The fourth-order valence-corrected chi connectivity index (χ4v) is 5.68. The van der Waals surface area contributed by atoms with Crippen LogP contribution in [0.4, 0.5) is 5.69 Å². The molecule has 0 amide bonds. The molecule has 4 rings (SSSR count). The molecule has 0 N–H and O–H groups in total. The van der Waals surface area contributed by atoms with Crippen LogP contribution >= 0.6 is 11.3 Å². The number of carbonyl (C=O) groups excluding carboxylic acids is 1. The Morgan fingerprint density at radius 1 is 1.08 bits per heavy atom. The van der Waals surface area contributed by atoms with Gasteiger partial charge in [0.15, 0.2) is 4.80 Å². The van der Waals surface area contributed by atoms with E-state index < -0.39 is 12.0 Å². The quantitative estimate of drug-likeness (QED) is 0.389. The maximum absolute atomic E-state index is 13.9. The maximum Gasteiger partial charge on any atom is 0.338 e. The molecule has 1 aromatic heterocycles. The molecule has 0 radical (unpaired) electrons. The highest BCUT2D eigenvalue weighted by Gasteiger charge is 2.33. The lowest BCUT2D eigenvalue weighted by molar-refractivity contribution is -0.139. The van der Waals surface area contributed by atoms with Crippen LogP contribution in [0.5, 0.6) is 11.5 Å². The smallest absolute Gasteiger partial charge is 0.338 e. The minimum absolute atomic E-state index is 0.221. The molecule has 1 unspecified atom stereocenters. The number of esters is 1. The van der Waals surface area contributed by atoms with Crippen molar-refractivity contribution in [1.29, 1.82) is 0 Å². The second-order valence-corrected chi connectivity index (χ2v) is 9.68. The molecule has 2 aromatic carbocycles. The van der Waals surface area contributed by atoms with E-state index in [-0.39, 0.29) is 12.2 Å². The molecule has 2 heterocycles. The normalized spacial score (nSPS) is 15.1. The van der Waals surface area contributed by atoms with E-state index in [4.69, 9.17) is 14.2 Å². The van der Waals surface area contributed by atoms with Crippen molar-refractivity contribution in [2.45, 2.75) is 33.7 Å². The summed E-state index contributed by atoms with van der Waals surface area (Å²) in [6, 6.07) is 12.6. The lowest BCUT2D eigenvalue weighted by Crippen LogP contribution is -2.39. The largest absolute Gasteiger partial charge is 0.497 e. The Bertz CT molecular complexity index is 1530. The second kappa shape index (κ2) is 11.7. The highest BCUT2D eigenvalue weighted by atomic mass is 32.1. The summed E-state index contributed by atoms with van der Waals surface area (Å²) < 4.78 is 18.4. The number of thiazole rings is 1. The Morgan fingerprint density at radius 3 is 2.39 bits per heavy atom. The van der Waals surface area contributed by atoms with Crippen LogP contribution in [0.3, 0.4) is 0 Å². The van der Waals surface area contributed by atoms with Gasteiger partial charge < -0.3 is 19.1 Å². The van der Waals surface area contributed by atoms with Crippen molar-refractivity contribution in [2.75, 3.05) is 38.8 Å². The molecule has 0 bridgehead atoms. The standard InChI is InChI=1S/C29H33N3O5S/c1-7-31(8-2)21-13-10-20(23(17-21)36-6)16-24-27(33)32-26(19-11-14-22(35-5)15-12-19)25(28(34)37-9-3)18(4)30-29(32)38-24/h10-17,26H,7-9H2,1-6H3/b24-16-. The van der Waals surface area contributed by atoms with Crippen LogP contribution in [0.1, 0.15) is 44.9 Å². The second-order valence-electron chi connectivity index (χ2n) is 8.67. The highest BCUT2D eigenvalue weighted by Crippen LogP contribution is 2.32. The van der Waals surface area contributed by atoms with E-state index in [0.717, 1.165) is 29.9 Å². The van der Waals surface area contributed by atoms with E-state index in [1.54, 1.807) is 32.6 Å². The SMILES string of the molecule is CCOC(=O)C1=C(C)N=c2s/c(=C\c3ccc(N(CC)CC)cc3OC)c(=O)n2C1c1ccc(OC)cc1. The van der Waals surface area contributed by atoms with Gasteiger partial charge in [-0.2, -0.15) is 0 Å². The van der Waals surface area contributed by atoms with E-state index in [1.807, 2.05) is 48.5 Å². The summed E-state index contributed by atoms with van der Waals surface area (Å²) in [5, 5.41) is 0. The highest BCUT2D eigenvalue weighted by molar-refractivity contribution is 7.07. The molecular formula is C29H33N3O5S. The fourth-order valence-electron chi connectivity index (χ4n) is 4.64. The van der Waals surface area contributed by atoms with E-state index in [9.17, 15) is 9.59 Å². The minimum atomic E-state index is -0.676. The molecule has 9 heteroatoms. The Labute approximate surface area is 226 Å². The zero-order chi connectivity index (χ0) is 27.4. The number of fused-ring (bicyclic) bond motifs is 1. The van der Waals surface area contributed by atoms with Gasteiger partial charge in [-0.1, -0.05) is 23.5 Å². The van der Waals surface area contributed by atoms with Crippen molar-refractivity contribution in [2.24, 2.45) is 4.99 Å². The first kappa shape index (κ1) is 27.2. The van der Waals surface area contributed by atoms with E-state index >= 15 is 0 Å². The Kier molecular flexibility index (Phi) is 8.36. The Morgan fingerprint density at radius 2 is 1.79 bits per heavy atom. The van der Waals surface area contributed by atoms with Crippen molar-refractivity contribution in [3.63, 3.8) is 0 Å². The van der Waals surface area contributed by atoms with E-state index in [2.05, 4.69) is 23.7 Å². The van der Waals surface area contributed by atoms with Crippen LogP contribution in [0.2, 0.25) is 0 Å². The van der Waals surface area contributed by atoms with Crippen LogP contribution in [0.25, 0.3) is 6.08 Å². The third-order valence-corrected chi connectivity index (χ3v) is 7.56. The number of nitrogens with zero attached hydrogens (tertiary/aromatic N) is 3. The van der Waals surface area contributed by atoms with Crippen molar-refractivity contribution in [1.82, 2.24) is 4.57 Å². The molecule has 0 spiro atoms. The number of anilines is 1. The lowest BCUT2D eigenvalue weighted by Gasteiger charge is -2.24. The molecule has 1 aliphatic rings. The topological polar surface area (TPSA) is 82.4 Å². The fraction of sp³-hybridized carbons (Fsp3) is 0.345. The number of hydrogen-bond acceptors (Lipinski definition) is 8. The molecule has 1 aliphatic heterocycles. The van der Waals surface area contributed by atoms with Gasteiger partial charge in [0.25, 0.3) is 5.56 Å². The maximum atomic E-state index is 13.9. The van der Waals surface area contributed by atoms with Gasteiger partial charge in [0.05, 0.1) is 42.7 Å². The molecule has 8 nitrogen and oxygen atoms in total. The van der Waals surface area contributed by atoms with Gasteiger partial charge in [0.2, 0.25) is 0 Å². The zero-order valence-electron chi connectivity index (χ0n) is 22.6. The third kappa shape index (κ3) is 5.11. The van der Waals surface area contributed by atoms with Gasteiger partial charge >= 0.3 is 5.97 Å². The number of methoxy groups -OCH3 is 2. The lowest BCUT2D eigenvalue weighted by atomic mass is 9.96. The average molecular weight is 536 g/mol.